The number of nitrogens with zero attached hydrogens (tertiary/aromatic N) is 2. The number of rotatable bonds is 4. The van der Waals surface area contributed by atoms with E-state index in [1.807, 2.05) is 19.1 Å². The van der Waals surface area contributed by atoms with Crippen LogP contribution in [0.2, 0.25) is 0 Å². The molecule has 0 saturated heterocycles. The van der Waals surface area contributed by atoms with Crippen molar-refractivity contribution in [3.05, 3.63) is 22.7 Å². The highest BCUT2D eigenvalue weighted by atomic mass is 79.9. The SMILES string of the molecule is CCC(CN1c2cc(Br)ccc2N(C)S1(=O)=O)OC. The molecule has 0 aliphatic carbocycles. The zero-order valence-corrected chi connectivity index (χ0v) is 13.5. The lowest BCUT2D eigenvalue weighted by Gasteiger charge is -2.23. The number of anilines is 2. The maximum atomic E-state index is 12.4. The Bertz CT molecular complexity index is 572. The van der Waals surface area contributed by atoms with E-state index in [-0.39, 0.29) is 6.10 Å². The molecular formula is C12H17BrN2O3S. The Morgan fingerprint density at radius 2 is 2.05 bits per heavy atom. The van der Waals surface area contributed by atoms with Crippen LogP contribution >= 0.6 is 15.9 Å². The van der Waals surface area contributed by atoms with E-state index in [1.165, 1.54) is 8.61 Å². The Balaban J connectivity index is 2.45. The highest BCUT2D eigenvalue weighted by Gasteiger charge is 2.38. The van der Waals surface area contributed by atoms with Gasteiger partial charge in [0, 0.05) is 18.6 Å². The number of hydrogen-bond acceptors (Lipinski definition) is 3. The standard InChI is InChI=1S/C12H17BrN2O3S/c1-4-10(18-3)8-15-12-7-9(13)5-6-11(12)14(2)19(15,16)17/h5-7,10H,4,8H2,1-3H3. The summed E-state index contributed by atoms with van der Waals surface area (Å²) < 4.78 is 33.7. The van der Waals surface area contributed by atoms with Gasteiger partial charge in [-0.25, -0.2) is 4.31 Å². The number of benzene rings is 1. The molecule has 19 heavy (non-hydrogen) atoms. The van der Waals surface area contributed by atoms with Crippen molar-refractivity contribution in [2.45, 2.75) is 19.4 Å². The maximum absolute atomic E-state index is 12.4. The largest absolute Gasteiger partial charge is 0.380 e. The lowest BCUT2D eigenvalue weighted by Crippen LogP contribution is -2.40. The van der Waals surface area contributed by atoms with E-state index in [2.05, 4.69) is 15.9 Å². The average Bonchev–Trinajstić information content (AvgIpc) is 2.55. The Hall–Kier alpha value is -0.790. The molecule has 106 valence electrons. The zero-order chi connectivity index (χ0) is 14.2. The molecule has 0 radical (unpaired) electrons. The summed E-state index contributed by atoms with van der Waals surface area (Å²) in [6, 6.07) is 5.45. The average molecular weight is 349 g/mol. The van der Waals surface area contributed by atoms with Gasteiger partial charge in [-0.05, 0) is 24.6 Å². The molecule has 0 spiro atoms. The van der Waals surface area contributed by atoms with Gasteiger partial charge in [0.05, 0.1) is 24.0 Å². The molecule has 1 atom stereocenters. The van der Waals surface area contributed by atoms with E-state index in [9.17, 15) is 8.42 Å². The van der Waals surface area contributed by atoms with Gasteiger partial charge in [-0.3, -0.25) is 4.31 Å². The van der Waals surface area contributed by atoms with Crippen LogP contribution in [0.4, 0.5) is 11.4 Å². The summed E-state index contributed by atoms with van der Waals surface area (Å²) in [5, 5.41) is 0. The van der Waals surface area contributed by atoms with Gasteiger partial charge >= 0.3 is 10.2 Å². The molecule has 7 heteroatoms. The van der Waals surface area contributed by atoms with Gasteiger partial charge in [0.2, 0.25) is 0 Å². The quantitative estimate of drug-likeness (QED) is 0.839. The van der Waals surface area contributed by atoms with Crippen LogP contribution in [0, 0.1) is 0 Å². The maximum Gasteiger partial charge on any atom is 0.326 e. The Labute approximate surface area is 122 Å². The van der Waals surface area contributed by atoms with E-state index < -0.39 is 10.2 Å². The monoisotopic (exact) mass is 348 g/mol. The van der Waals surface area contributed by atoms with E-state index in [4.69, 9.17) is 4.74 Å². The second kappa shape index (κ2) is 5.30. The first kappa shape index (κ1) is 14.6. The third-order valence-electron chi connectivity index (χ3n) is 3.33. The van der Waals surface area contributed by atoms with Crippen LogP contribution < -0.4 is 8.61 Å². The molecule has 0 N–H and O–H groups in total. The van der Waals surface area contributed by atoms with Crippen molar-refractivity contribution in [2.24, 2.45) is 0 Å². The summed E-state index contributed by atoms with van der Waals surface area (Å²) in [7, 11) is -0.326. The molecule has 1 unspecified atom stereocenters. The first-order chi connectivity index (χ1) is 8.91. The predicted octanol–water partition coefficient (Wildman–Crippen LogP) is 2.38. The first-order valence-corrected chi connectivity index (χ1v) is 8.19. The van der Waals surface area contributed by atoms with Gasteiger partial charge in [0.1, 0.15) is 0 Å². The Morgan fingerprint density at radius 1 is 1.37 bits per heavy atom. The van der Waals surface area contributed by atoms with Crippen LogP contribution in [-0.4, -0.2) is 35.2 Å². The van der Waals surface area contributed by atoms with Crippen LogP contribution in [0.25, 0.3) is 0 Å². The fraction of sp³-hybridized carbons (Fsp3) is 0.500. The van der Waals surface area contributed by atoms with Crippen LogP contribution in [0.5, 0.6) is 0 Å². The topological polar surface area (TPSA) is 49.9 Å². The molecule has 1 aromatic carbocycles. The summed E-state index contributed by atoms with van der Waals surface area (Å²) in [6.07, 6.45) is 0.642. The van der Waals surface area contributed by atoms with Crippen molar-refractivity contribution in [3.63, 3.8) is 0 Å². The number of hydrogen-bond donors (Lipinski definition) is 0. The molecule has 1 aliphatic rings. The Kier molecular flexibility index (Phi) is 4.08. The molecule has 2 rings (SSSR count). The third kappa shape index (κ3) is 2.46. The van der Waals surface area contributed by atoms with E-state index >= 15 is 0 Å². The van der Waals surface area contributed by atoms with E-state index in [0.717, 1.165) is 10.9 Å². The van der Waals surface area contributed by atoms with Gasteiger partial charge in [-0.1, -0.05) is 22.9 Å². The number of fused-ring (bicyclic) bond motifs is 1. The minimum absolute atomic E-state index is 0.117. The lowest BCUT2D eigenvalue weighted by molar-refractivity contribution is 0.107. The van der Waals surface area contributed by atoms with Gasteiger partial charge < -0.3 is 4.74 Å². The minimum Gasteiger partial charge on any atom is -0.380 e. The van der Waals surface area contributed by atoms with Crippen molar-refractivity contribution >= 4 is 37.5 Å². The smallest absolute Gasteiger partial charge is 0.326 e. The van der Waals surface area contributed by atoms with Crippen molar-refractivity contribution in [1.82, 2.24) is 0 Å². The molecule has 1 heterocycles. The predicted molar refractivity (Wildman–Crippen MR) is 79.9 cm³/mol. The molecule has 1 aromatic rings. The zero-order valence-electron chi connectivity index (χ0n) is 11.1. The highest BCUT2D eigenvalue weighted by Crippen LogP contribution is 2.41. The second-order valence-electron chi connectivity index (χ2n) is 4.41. The van der Waals surface area contributed by atoms with Crippen molar-refractivity contribution in [1.29, 1.82) is 0 Å². The number of methoxy groups -OCH3 is 1. The first-order valence-electron chi connectivity index (χ1n) is 6.00. The summed E-state index contributed by atoms with van der Waals surface area (Å²) in [5.74, 6) is 0. The molecular weight excluding hydrogens is 332 g/mol. The van der Waals surface area contributed by atoms with Crippen LogP contribution in [-0.2, 0) is 14.9 Å². The molecule has 1 aliphatic heterocycles. The van der Waals surface area contributed by atoms with Gasteiger partial charge in [-0.15, -0.1) is 0 Å². The summed E-state index contributed by atoms with van der Waals surface area (Å²) in [5.41, 5.74) is 1.38. The fourth-order valence-electron chi connectivity index (χ4n) is 2.11. The summed E-state index contributed by atoms with van der Waals surface area (Å²) >= 11 is 3.38. The minimum atomic E-state index is -3.49. The molecule has 0 aromatic heterocycles. The molecule has 0 fully saturated rings. The van der Waals surface area contributed by atoms with E-state index in [0.29, 0.717) is 17.9 Å². The number of halogens is 1. The van der Waals surface area contributed by atoms with Crippen molar-refractivity contribution < 1.29 is 13.2 Å². The van der Waals surface area contributed by atoms with Crippen molar-refractivity contribution in [2.75, 3.05) is 29.3 Å². The van der Waals surface area contributed by atoms with Gasteiger partial charge in [0.25, 0.3) is 0 Å². The highest BCUT2D eigenvalue weighted by molar-refractivity contribution is 9.10. The van der Waals surface area contributed by atoms with Crippen LogP contribution in [0.1, 0.15) is 13.3 Å². The molecule has 5 nitrogen and oxygen atoms in total. The normalized spacial score (nSPS) is 18.5. The fourth-order valence-corrected chi connectivity index (χ4v) is 3.90. The van der Waals surface area contributed by atoms with Crippen molar-refractivity contribution in [3.8, 4) is 0 Å². The third-order valence-corrected chi connectivity index (χ3v) is 5.61. The second-order valence-corrected chi connectivity index (χ2v) is 7.21. The number of ether oxygens (including phenoxy) is 1. The van der Waals surface area contributed by atoms with Gasteiger partial charge in [-0.2, -0.15) is 8.42 Å². The Morgan fingerprint density at radius 3 is 2.63 bits per heavy atom. The molecule has 0 amide bonds. The van der Waals surface area contributed by atoms with Crippen LogP contribution in [0.3, 0.4) is 0 Å². The summed E-state index contributed by atoms with van der Waals surface area (Å²) in [4.78, 5) is 0. The van der Waals surface area contributed by atoms with E-state index in [1.54, 1.807) is 20.2 Å². The molecule has 0 saturated carbocycles. The lowest BCUT2D eigenvalue weighted by atomic mass is 10.2. The van der Waals surface area contributed by atoms with Crippen LogP contribution in [0.15, 0.2) is 22.7 Å². The summed E-state index contributed by atoms with van der Waals surface area (Å²) in [6.45, 7) is 2.30. The van der Waals surface area contributed by atoms with Gasteiger partial charge in [0.15, 0.2) is 0 Å². The molecule has 0 bridgehead atoms.